The molecular weight excluding hydrogens is 194 g/mol. The second kappa shape index (κ2) is 5.14. The van der Waals surface area contributed by atoms with Gasteiger partial charge in [-0.1, -0.05) is 26.7 Å². The lowest BCUT2D eigenvalue weighted by Crippen LogP contribution is -2.41. The third-order valence-electron chi connectivity index (χ3n) is 2.49. The molecule has 4 heteroatoms. The van der Waals surface area contributed by atoms with E-state index in [0.29, 0.717) is 18.8 Å². The zero-order chi connectivity index (χ0) is 11.4. The van der Waals surface area contributed by atoms with Crippen LogP contribution in [0, 0.1) is 11.8 Å². The van der Waals surface area contributed by atoms with Crippen LogP contribution >= 0.6 is 0 Å². The topological polar surface area (TPSA) is 66.4 Å². The third-order valence-corrected chi connectivity index (χ3v) is 2.49. The van der Waals surface area contributed by atoms with E-state index >= 15 is 0 Å². The standard InChI is InChI=1S/C11H19NO3/c1-7(2)5-10(13)12-9(11(14)15)6-8-3-4-8/h7-9H,3-6H2,1-2H3,(H,12,13)(H,14,15). The zero-order valence-electron chi connectivity index (χ0n) is 9.32. The summed E-state index contributed by atoms with van der Waals surface area (Å²) in [4.78, 5) is 22.3. The monoisotopic (exact) mass is 213 g/mol. The molecule has 0 saturated heterocycles. The molecule has 0 heterocycles. The summed E-state index contributed by atoms with van der Waals surface area (Å²) < 4.78 is 0. The van der Waals surface area contributed by atoms with E-state index in [0.717, 1.165) is 12.8 Å². The fraction of sp³-hybridized carbons (Fsp3) is 0.818. The van der Waals surface area contributed by atoms with Gasteiger partial charge in [0.1, 0.15) is 6.04 Å². The van der Waals surface area contributed by atoms with Gasteiger partial charge in [-0.2, -0.15) is 0 Å². The van der Waals surface area contributed by atoms with E-state index in [-0.39, 0.29) is 11.8 Å². The van der Waals surface area contributed by atoms with Gasteiger partial charge in [0.25, 0.3) is 0 Å². The number of carboxylic acids is 1. The van der Waals surface area contributed by atoms with E-state index in [2.05, 4.69) is 5.32 Å². The van der Waals surface area contributed by atoms with Crippen LogP contribution < -0.4 is 5.32 Å². The Morgan fingerprint density at radius 1 is 1.40 bits per heavy atom. The van der Waals surface area contributed by atoms with Gasteiger partial charge >= 0.3 is 5.97 Å². The van der Waals surface area contributed by atoms with Gasteiger partial charge in [0.2, 0.25) is 5.91 Å². The second-order valence-electron chi connectivity index (χ2n) is 4.74. The molecule has 0 aromatic carbocycles. The van der Waals surface area contributed by atoms with E-state index in [1.54, 1.807) is 0 Å². The van der Waals surface area contributed by atoms with Gasteiger partial charge in [-0.3, -0.25) is 4.79 Å². The molecule has 0 radical (unpaired) electrons. The van der Waals surface area contributed by atoms with Gasteiger partial charge in [-0.05, 0) is 18.3 Å². The van der Waals surface area contributed by atoms with Crippen LogP contribution in [0.2, 0.25) is 0 Å². The van der Waals surface area contributed by atoms with Crippen LogP contribution in [-0.2, 0) is 9.59 Å². The largest absolute Gasteiger partial charge is 0.480 e. The molecule has 0 spiro atoms. The molecule has 1 fully saturated rings. The van der Waals surface area contributed by atoms with Crippen molar-refractivity contribution in [2.45, 2.75) is 45.6 Å². The van der Waals surface area contributed by atoms with Crippen molar-refractivity contribution >= 4 is 11.9 Å². The first-order valence-corrected chi connectivity index (χ1v) is 5.51. The van der Waals surface area contributed by atoms with Crippen LogP contribution in [0.1, 0.15) is 39.5 Å². The molecule has 2 N–H and O–H groups in total. The van der Waals surface area contributed by atoms with Crippen LogP contribution in [0.15, 0.2) is 0 Å². The molecule has 0 bridgehead atoms. The number of nitrogens with one attached hydrogen (secondary N) is 1. The molecule has 1 atom stereocenters. The molecular formula is C11H19NO3. The minimum atomic E-state index is -0.918. The highest BCUT2D eigenvalue weighted by Gasteiger charge is 2.30. The van der Waals surface area contributed by atoms with Gasteiger partial charge in [0, 0.05) is 6.42 Å². The molecule has 86 valence electrons. The minimum Gasteiger partial charge on any atom is -0.480 e. The highest BCUT2D eigenvalue weighted by Crippen LogP contribution is 2.33. The van der Waals surface area contributed by atoms with Crippen LogP contribution in [0.4, 0.5) is 0 Å². The van der Waals surface area contributed by atoms with Gasteiger partial charge in [0.15, 0.2) is 0 Å². The summed E-state index contributed by atoms with van der Waals surface area (Å²) in [6.45, 7) is 3.88. The molecule has 0 aliphatic heterocycles. The van der Waals surface area contributed by atoms with Crippen LogP contribution in [0.3, 0.4) is 0 Å². The molecule has 1 saturated carbocycles. The number of hydrogen-bond acceptors (Lipinski definition) is 2. The number of carbonyl (C=O) groups is 2. The highest BCUT2D eigenvalue weighted by atomic mass is 16.4. The Balaban J connectivity index is 2.35. The minimum absolute atomic E-state index is 0.155. The van der Waals surface area contributed by atoms with Crippen molar-refractivity contribution in [3.63, 3.8) is 0 Å². The quantitative estimate of drug-likeness (QED) is 0.701. The number of amides is 1. The van der Waals surface area contributed by atoms with Crippen LogP contribution in [0.25, 0.3) is 0 Å². The summed E-state index contributed by atoms with van der Waals surface area (Å²) in [5.74, 6) is -0.303. The average Bonchev–Trinajstić information content (AvgIpc) is 2.85. The normalized spacial score (nSPS) is 17.5. The van der Waals surface area contributed by atoms with E-state index < -0.39 is 12.0 Å². The maximum Gasteiger partial charge on any atom is 0.326 e. The lowest BCUT2D eigenvalue weighted by atomic mass is 10.1. The van der Waals surface area contributed by atoms with E-state index in [1.807, 2.05) is 13.8 Å². The molecule has 1 aliphatic rings. The maximum absolute atomic E-state index is 11.4. The lowest BCUT2D eigenvalue weighted by molar-refractivity contribution is -0.142. The summed E-state index contributed by atoms with van der Waals surface area (Å²) >= 11 is 0. The first-order valence-electron chi connectivity index (χ1n) is 5.51. The summed E-state index contributed by atoms with van der Waals surface area (Å²) in [6.07, 6.45) is 3.18. The van der Waals surface area contributed by atoms with Gasteiger partial charge in [-0.25, -0.2) is 4.79 Å². The van der Waals surface area contributed by atoms with Crippen molar-refractivity contribution in [3.05, 3.63) is 0 Å². The van der Waals surface area contributed by atoms with Crippen molar-refractivity contribution in [2.75, 3.05) is 0 Å². The van der Waals surface area contributed by atoms with E-state index in [1.165, 1.54) is 0 Å². The predicted molar refractivity (Wildman–Crippen MR) is 56.4 cm³/mol. The first-order chi connectivity index (χ1) is 6.99. The Labute approximate surface area is 90.0 Å². The van der Waals surface area contributed by atoms with E-state index in [4.69, 9.17) is 5.11 Å². The third kappa shape index (κ3) is 4.81. The lowest BCUT2D eigenvalue weighted by Gasteiger charge is -2.14. The van der Waals surface area contributed by atoms with Crippen LogP contribution in [-0.4, -0.2) is 23.0 Å². The Kier molecular flexibility index (Phi) is 4.12. The molecule has 1 unspecified atom stereocenters. The number of hydrogen-bond donors (Lipinski definition) is 2. The van der Waals surface area contributed by atoms with Crippen LogP contribution in [0.5, 0.6) is 0 Å². The van der Waals surface area contributed by atoms with Crippen molar-refractivity contribution in [3.8, 4) is 0 Å². The Bertz CT molecular complexity index is 246. The molecule has 1 aliphatic carbocycles. The zero-order valence-corrected chi connectivity index (χ0v) is 9.32. The van der Waals surface area contributed by atoms with Crippen molar-refractivity contribution in [1.82, 2.24) is 5.32 Å². The molecule has 4 nitrogen and oxygen atoms in total. The van der Waals surface area contributed by atoms with Gasteiger partial charge in [0.05, 0.1) is 0 Å². The number of rotatable bonds is 6. The molecule has 0 aromatic rings. The molecule has 1 amide bonds. The summed E-state index contributed by atoms with van der Waals surface area (Å²) in [6, 6.07) is -0.691. The highest BCUT2D eigenvalue weighted by molar-refractivity contribution is 5.83. The fourth-order valence-electron chi connectivity index (χ4n) is 1.53. The average molecular weight is 213 g/mol. The van der Waals surface area contributed by atoms with Crippen molar-refractivity contribution < 1.29 is 14.7 Å². The molecule has 15 heavy (non-hydrogen) atoms. The van der Waals surface area contributed by atoms with Crippen molar-refractivity contribution in [1.29, 1.82) is 0 Å². The first kappa shape index (κ1) is 12.0. The SMILES string of the molecule is CC(C)CC(=O)NC(CC1CC1)C(=O)O. The van der Waals surface area contributed by atoms with Gasteiger partial charge in [-0.15, -0.1) is 0 Å². The van der Waals surface area contributed by atoms with Gasteiger partial charge < -0.3 is 10.4 Å². The Morgan fingerprint density at radius 2 is 2.00 bits per heavy atom. The number of carbonyl (C=O) groups excluding carboxylic acids is 1. The summed E-state index contributed by atoms with van der Waals surface area (Å²) in [5.41, 5.74) is 0. The number of aliphatic carboxylic acids is 1. The fourth-order valence-corrected chi connectivity index (χ4v) is 1.53. The maximum atomic E-state index is 11.4. The summed E-state index contributed by atoms with van der Waals surface area (Å²) in [5, 5.41) is 11.5. The Hall–Kier alpha value is -1.06. The molecule has 1 rings (SSSR count). The molecule has 0 aromatic heterocycles. The predicted octanol–water partition coefficient (Wildman–Crippen LogP) is 1.40. The van der Waals surface area contributed by atoms with Crippen molar-refractivity contribution in [2.24, 2.45) is 11.8 Å². The second-order valence-corrected chi connectivity index (χ2v) is 4.74. The smallest absolute Gasteiger partial charge is 0.326 e. The number of carboxylic acid groups (broad SMARTS) is 1. The Morgan fingerprint density at radius 3 is 2.40 bits per heavy atom. The summed E-state index contributed by atoms with van der Waals surface area (Å²) in [7, 11) is 0. The van der Waals surface area contributed by atoms with E-state index in [9.17, 15) is 9.59 Å².